The number of hydrogen-bond acceptors (Lipinski definition) is 6. The molecule has 3 aromatic rings. The largest absolute Gasteiger partial charge is 0.479 e. The number of carbonyl (C=O) groups excluding carboxylic acids is 1. The first-order valence-electron chi connectivity index (χ1n) is 9.10. The van der Waals surface area contributed by atoms with Gasteiger partial charge < -0.3 is 14.2 Å². The van der Waals surface area contributed by atoms with Crippen molar-refractivity contribution in [2.45, 2.75) is 25.6 Å². The van der Waals surface area contributed by atoms with Crippen LogP contribution in [-0.4, -0.2) is 24.2 Å². The summed E-state index contributed by atoms with van der Waals surface area (Å²) in [5.74, 6) is -1.53. The molecule has 0 spiro atoms. The topological polar surface area (TPSA) is 57.7 Å². The molecule has 5 nitrogen and oxygen atoms in total. The molecule has 0 amide bonds. The zero-order valence-electron chi connectivity index (χ0n) is 15.9. The van der Waals surface area contributed by atoms with Gasteiger partial charge in [-0.15, -0.1) is 11.3 Å². The molecule has 0 bridgehead atoms. The van der Waals surface area contributed by atoms with E-state index in [2.05, 4.69) is 4.98 Å². The fourth-order valence-corrected chi connectivity index (χ4v) is 4.62. The number of carbonyl (C=O) groups is 1. The number of ether oxygens (including phenoxy) is 3. The van der Waals surface area contributed by atoms with Crippen LogP contribution in [0.15, 0.2) is 23.6 Å². The summed E-state index contributed by atoms with van der Waals surface area (Å²) in [5.41, 5.74) is -0.277. The third-order valence-corrected chi connectivity index (χ3v) is 5.91. The highest BCUT2D eigenvalue weighted by Gasteiger charge is 2.36. The second-order valence-electron chi connectivity index (χ2n) is 6.62. The number of esters is 1. The average molecular weight is 476 g/mol. The Labute approximate surface area is 182 Å². The van der Waals surface area contributed by atoms with E-state index >= 15 is 4.39 Å². The van der Waals surface area contributed by atoms with Crippen LogP contribution in [0.25, 0.3) is 10.1 Å². The third kappa shape index (κ3) is 4.14. The van der Waals surface area contributed by atoms with E-state index in [0.29, 0.717) is 10.9 Å². The molecule has 1 aliphatic rings. The minimum atomic E-state index is -4.61. The minimum Gasteiger partial charge on any atom is -0.479 e. The van der Waals surface area contributed by atoms with E-state index in [0.717, 1.165) is 17.4 Å². The molecule has 0 aliphatic carbocycles. The summed E-state index contributed by atoms with van der Waals surface area (Å²) in [4.78, 5) is 15.2. The summed E-state index contributed by atoms with van der Waals surface area (Å²) in [7, 11) is 0. The lowest BCUT2D eigenvalue weighted by Gasteiger charge is -2.14. The van der Waals surface area contributed by atoms with Crippen molar-refractivity contribution >= 4 is 39.0 Å². The van der Waals surface area contributed by atoms with Crippen molar-refractivity contribution in [3.8, 4) is 11.6 Å². The summed E-state index contributed by atoms with van der Waals surface area (Å²) in [6.45, 7) is 1.78. The fraction of sp³-hybridized carbons (Fsp3) is 0.300. The first kappa shape index (κ1) is 21.6. The van der Waals surface area contributed by atoms with Crippen molar-refractivity contribution in [1.29, 1.82) is 0 Å². The number of alkyl halides is 3. The van der Waals surface area contributed by atoms with Gasteiger partial charge in [0, 0.05) is 11.5 Å². The van der Waals surface area contributed by atoms with E-state index in [1.165, 1.54) is 12.1 Å². The average Bonchev–Trinajstić information content (AvgIpc) is 3.30. The van der Waals surface area contributed by atoms with Crippen LogP contribution in [0.4, 0.5) is 17.6 Å². The maximum absolute atomic E-state index is 15.1. The summed E-state index contributed by atoms with van der Waals surface area (Å²) in [6.07, 6.45) is -5.51. The smallest absolute Gasteiger partial charge is 0.433 e. The number of rotatable bonds is 5. The summed E-state index contributed by atoms with van der Waals surface area (Å²) in [5, 5.41) is 2.19. The second-order valence-corrected chi connectivity index (χ2v) is 7.91. The van der Waals surface area contributed by atoms with Crippen LogP contribution in [0, 0.1) is 5.82 Å². The third-order valence-electron chi connectivity index (χ3n) is 4.59. The highest BCUT2D eigenvalue weighted by atomic mass is 35.5. The molecule has 3 heterocycles. The van der Waals surface area contributed by atoms with Gasteiger partial charge in [0.1, 0.15) is 12.3 Å². The Morgan fingerprint density at radius 2 is 2.16 bits per heavy atom. The Morgan fingerprint density at radius 3 is 2.87 bits per heavy atom. The van der Waals surface area contributed by atoms with Gasteiger partial charge in [0.15, 0.2) is 17.7 Å². The molecule has 1 unspecified atom stereocenters. The van der Waals surface area contributed by atoms with E-state index in [4.69, 9.17) is 25.8 Å². The SMILES string of the molecule is CCOC(=O)Cc1csc2c(F)c(OC3COc4nc(C(F)(F)F)ccc43)cc(Cl)c12. The maximum atomic E-state index is 15.1. The van der Waals surface area contributed by atoms with Crippen LogP contribution < -0.4 is 9.47 Å². The number of fused-ring (bicyclic) bond motifs is 2. The van der Waals surface area contributed by atoms with E-state index in [1.807, 2.05) is 0 Å². The highest BCUT2D eigenvalue weighted by molar-refractivity contribution is 7.17. The molecule has 0 fully saturated rings. The Kier molecular flexibility index (Phi) is 5.69. The summed E-state index contributed by atoms with van der Waals surface area (Å²) in [6, 6.07) is 3.29. The van der Waals surface area contributed by atoms with Gasteiger partial charge >= 0.3 is 12.1 Å². The van der Waals surface area contributed by atoms with Gasteiger partial charge in [0.2, 0.25) is 5.88 Å². The van der Waals surface area contributed by atoms with Crippen molar-refractivity contribution in [1.82, 2.24) is 4.98 Å². The number of pyridine rings is 1. The quantitative estimate of drug-likeness (QED) is 0.348. The highest BCUT2D eigenvalue weighted by Crippen LogP contribution is 2.42. The Morgan fingerprint density at radius 1 is 1.39 bits per heavy atom. The van der Waals surface area contributed by atoms with Crippen molar-refractivity contribution < 1.29 is 36.6 Å². The van der Waals surface area contributed by atoms with Crippen LogP contribution in [0.3, 0.4) is 0 Å². The van der Waals surface area contributed by atoms with Gasteiger partial charge in [-0.05, 0) is 30.0 Å². The van der Waals surface area contributed by atoms with Crippen LogP contribution in [-0.2, 0) is 22.1 Å². The molecule has 2 aromatic heterocycles. The fourth-order valence-electron chi connectivity index (χ4n) is 3.23. The van der Waals surface area contributed by atoms with Gasteiger partial charge in [-0.2, -0.15) is 13.2 Å². The number of thiophene rings is 1. The number of benzene rings is 1. The Balaban J connectivity index is 1.62. The molecule has 0 N–H and O–H groups in total. The lowest BCUT2D eigenvalue weighted by atomic mass is 10.1. The first-order valence-corrected chi connectivity index (χ1v) is 10.4. The Bertz CT molecular complexity index is 1160. The number of aromatic nitrogens is 1. The molecular formula is C20H14ClF4NO4S. The van der Waals surface area contributed by atoms with Crippen molar-refractivity contribution in [3.05, 3.63) is 51.2 Å². The monoisotopic (exact) mass is 475 g/mol. The Hall–Kier alpha value is -2.59. The van der Waals surface area contributed by atoms with Crippen LogP contribution >= 0.6 is 22.9 Å². The van der Waals surface area contributed by atoms with Crippen molar-refractivity contribution in [2.24, 2.45) is 0 Å². The zero-order valence-corrected chi connectivity index (χ0v) is 17.5. The summed E-state index contributed by atoms with van der Waals surface area (Å²) < 4.78 is 69.6. The van der Waals surface area contributed by atoms with Gasteiger partial charge in [-0.3, -0.25) is 4.79 Å². The van der Waals surface area contributed by atoms with Gasteiger partial charge in [-0.1, -0.05) is 11.6 Å². The second kappa shape index (κ2) is 8.16. The minimum absolute atomic E-state index is 0.0513. The van der Waals surface area contributed by atoms with E-state index in [1.54, 1.807) is 12.3 Å². The number of nitrogens with zero attached hydrogens (tertiary/aromatic N) is 1. The lowest BCUT2D eigenvalue weighted by Crippen LogP contribution is -2.10. The molecule has 0 saturated carbocycles. The van der Waals surface area contributed by atoms with Crippen molar-refractivity contribution in [3.63, 3.8) is 0 Å². The molecule has 0 saturated heterocycles. The van der Waals surface area contributed by atoms with Gasteiger partial charge in [0.05, 0.1) is 28.3 Å². The molecule has 1 atom stereocenters. The lowest BCUT2D eigenvalue weighted by molar-refractivity contribution is -0.142. The molecular weight excluding hydrogens is 462 g/mol. The maximum Gasteiger partial charge on any atom is 0.433 e. The number of hydrogen-bond donors (Lipinski definition) is 0. The summed E-state index contributed by atoms with van der Waals surface area (Å²) >= 11 is 7.40. The normalized spacial score (nSPS) is 15.6. The first-order chi connectivity index (χ1) is 14.7. The van der Waals surface area contributed by atoms with E-state index in [9.17, 15) is 18.0 Å². The van der Waals surface area contributed by atoms with Gasteiger partial charge in [-0.25, -0.2) is 9.37 Å². The molecule has 4 rings (SSSR count). The molecule has 1 aliphatic heterocycles. The van der Waals surface area contributed by atoms with Gasteiger partial charge in [0.25, 0.3) is 0 Å². The standard InChI is InChI=1S/C20H14ClF4NO4S/c1-2-28-15(27)5-9-8-31-18-16(9)11(21)6-12(17(18)22)30-13-7-29-19-10(13)3-4-14(26-19)20(23,24)25/h3-4,6,8,13H,2,5,7H2,1H3. The van der Waals surface area contributed by atoms with Crippen LogP contribution in [0.1, 0.15) is 29.8 Å². The van der Waals surface area contributed by atoms with Crippen LogP contribution in [0.5, 0.6) is 11.6 Å². The van der Waals surface area contributed by atoms with E-state index in [-0.39, 0.29) is 46.6 Å². The predicted octanol–water partition coefficient (Wildman–Crippen LogP) is 5.73. The van der Waals surface area contributed by atoms with E-state index < -0.39 is 29.8 Å². The van der Waals surface area contributed by atoms with Crippen LogP contribution in [0.2, 0.25) is 5.02 Å². The molecule has 1 aromatic carbocycles. The molecule has 164 valence electrons. The molecule has 11 heteroatoms. The number of halogens is 5. The molecule has 31 heavy (non-hydrogen) atoms. The zero-order chi connectivity index (χ0) is 22.3. The predicted molar refractivity (Wildman–Crippen MR) is 105 cm³/mol. The van der Waals surface area contributed by atoms with Crippen molar-refractivity contribution in [2.75, 3.05) is 13.2 Å². The molecule has 0 radical (unpaired) electrons.